The molecular weight excluding hydrogens is 447 g/mol. The summed E-state index contributed by atoms with van der Waals surface area (Å²) in [5.41, 5.74) is 1.62. The summed E-state index contributed by atoms with van der Waals surface area (Å²) in [6.07, 6.45) is 0.121. The summed E-state index contributed by atoms with van der Waals surface area (Å²) in [6, 6.07) is 11.3. The molecule has 0 N–H and O–H groups in total. The number of aromatic nitrogens is 2. The van der Waals surface area contributed by atoms with Crippen LogP contribution in [0.4, 0.5) is 0 Å². The van der Waals surface area contributed by atoms with E-state index in [-0.39, 0.29) is 6.10 Å². The number of benzene rings is 2. The Balaban J connectivity index is 1.89. The molecule has 0 amide bonds. The van der Waals surface area contributed by atoms with E-state index in [1.54, 1.807) is 26.4 Å². The highest BCUT2D eigenvalue weighted by Crippen LogP contribution is 2.33. The Bertz CT molecular complexity index is 908. The molecule has 136 valence electrons. The predicted molar refractivity (Wildman–Crippen MR) is 107 cm³/mol. The highest BCUT2D eigenvalue weighted by atomic mass is 127. The van der Waals surface area contributed by atoms with Crippen molar-refractivity contribution in [2.45, 2.75) is 20.0 Å². The van der Waals surface area contributed by atoms with Gasteiger partial charge in [0.2, 0.25) is 5.82 Å². The normalized spacial score (nSPS) is 10.8. The molecule has 0 saturated carbocycles. The summed E-state index contributed by atoms with van der Waals surface area (Å²) < 4.78 is 22.7. The lowest BCUT2D eigenvalue weighted by Gasteiger charge is -2.11. The van der Waals surface area contributed by atoms with Gasteiger partial charge in [-0.05, 0) is 72.8 Å². The molecule has 1 aromatic heterocycles. The van der Waals surface area contributed by atoms with Gasteiger partial charge in [-0.25, -0.2) is 0 Å². The second-order valence-electron chi connectivity index (χ2n) is 5.80. The monoisotopic (exact) mass is 466 g/mol. The predicted octanol–water partition coefficient (Wildman–Crippen LogP) is 4.81. The smallest absolute Gasteiger partial charge is 0.258 e. The number of rotatable bonds is 6. The van der Waals surface area contributed by atoms with E-state index >= 15 is 0 Å². The number of hydrogen-bond donors (Lipinski definition) is 0. The standard InChI is InChI=1S/C19H19IN2O4/c1-11(2)25-15-7-5-12(9-14(15)20)18-21-19(26-22-18)13-6-8-16(23-3)17(10-13)24-4/h5-11H,1-4H3. The molecule has 0 fully saturated rings. The van der Waals surface area contributed by atoms with E-state index in [0.717, 1.165) is 20.4 Å². The van der Waals surface area contributed by atoms with Crippen LogP contribution < -0.4 is 14.2 Å². The maximum absolute atomic E-state index is 5.76. The number of halogens is 1. The topological polar surface area (TPSA) is 66.6 Å². The van der Waals surface area contributed by atoms with E-state index in [2.05, 4.69) is 32.7 Å². The van der Waals surface area contributed by atoms with Crippen LogP contribution in [0.2, 0.25) is 0 Å². The minimum absolute atomic E-state index is 0.121. The van der Waals surface area contributed by atoms with E-state index < -0.39 is 0 Å². The molecule has 1 heterocycles. The van der Waals surface area contributed by atoms with Crippen molar-refractivity contribution in [3.63, 3.8) is 0 Å². The van der Waals surface area contributed by atoms with Gasteiger partial charge in [-0.1, -0.05) is 5.16 Å². The molecule has 6 nitrogen and oxygen atoms in total. The second kappa shape index (κ2) is 7.94. The molecule has 0 aliphatic rings. The first kappa shape index (κ1) is 18.5. The number of methoxy groups -OCH3 is 2. The number of nitrogens with zero attached hydrogens (tertiary/aromatic N) is 2. The molecular formula is C19H19IN2O4. The summed E-state index contributed by atoms with van der Waals surface area (Å²) >= 11 is 2.24. The molecule has 0 aliphatic carbocycles. The lowest BCUT2D eigenvalue weighted by Crippen LogP contribution is -2.06. The third-order valence-electron chi connectivity index (χ3n) is 3.61. The van der Waals surface area contributed by atoms with Crippen molar-refractivity contribution in [2.24, 2.45) is 0 Å². The average molecular weight is 466 g/mol. The highest BCUT2D eigenvalue weighted by molar-refractivity contribution is 14.1. The minimum Gasteiger partial charge on any atom is -0.493 e. The van der Waals surface area contributed by atoms with Crippen molar-refractivity contribution >= 4 is 22.6 Å². The molecule has 0 saturated heterocycles. The molecule has 2 aromatic carbocycles. The fourth-order valence-electron chi connectivity index (χ4n) is 2.42. The first-order valence-electron chi connectivity index (χ1n) is 8.04. The molecule has 0 radical (unpaired) electrons. The van der Waals surface area contributed by atoms with Crippen LogP contribution in [-0.4, -0.2) is 30.5 Å². The van der Waals surface area contributed by atoms with Crippen LogP contribution in [0.3, 0.4) is 0 Å². The van der Waals surface area contributed by atoms with Gasteiger partial charge in [-0.3, -0.25) is 0 Å². The van der Waals surface area contributed by atoms with E-state index in [1.807, 2.05) is 38.1 Å². The second-order valence-corrected chi connectivity index (χ2v) is 6.97. The van der Waals surface area contributed by atoms with Crippen molar-refractivity contribution in [2.75, 3.05) is 14.2 Å². The van der Waals surface area contributed by atoms with Gasteiger partial charge < -0.3 is 18.7 Å². The Labute approximate surface area is 165 Å². The Morgan fingerprint density at radius 3 is 2.27 bits per heavy atom. The summed E-state index contributed by atoms with van der Waals surface area (Å²) in [5, 5.41) is 4.09. The van der Waals surface area contributed by atoms with Gasteiger partial charge in [-0.15, -0.1) is 0 Å². The Morgan fingerprint density at radius 1 is 0.923 bits per heavy atom. The molecule has 0 aliphatic heterocycles. The molecule has 0 atom stereocenters. The third kappa shape index (κ3) is 3.92. The maximum Gasteiger partial charge on any atom is 0.258 e. The van der Waals surface area contributed by atoms with Crippen molar-refractivity contribution < 1.29 is 18.7 Å². The first-order valence-corrected chi connectivity index (χ1v) is 9.12. The summed E-state index contributed by atoms with van der Waals surface area (Å²) in [5.74, 6) is 3.02. The van der Waals surface area contributed by atoms with Crippen LogP contribution >= 0.6 is 22.6 Å². The molecule has 7 heteroatoms. The minimum atomic E-state index is 0.121. The lowest BCUT2D eigenvalue weighted by molar-refractivity contribution is 0.240. The van der Waals surface area contributed by atoms with Crippen LogP contribution in [0.25, 0.3) is 22.8 Å². The number of hydrogen-bond acceptors (Lipinski definition) is 6. The zero-order valence-electron chi connectivity index (χ0n) is 14.9. The maximum atomic E-state index is 5.76. The quantitative estimate of drug-likeness (QED) is 0.486. The van der Waals surface area contributed by atoms with Crippen molar-refractivity contribution in [1.82, 2.24) is 10.1 Å². The van der Waals surface area contributed by atoms with Gasteiger partial charge in [0.05, 0.1) is 23.9 Å². The van der Waals surface area contributed by atoms with Crippen molar-refractivity contribution in [3.8, 4) is 40.1 Å². The van der Waals surface area contributed by atoms with Crippen LogP contribution in [0.15, 0.2) is 40.9 Å². The van der Waals surface area contributed by atoms with Crippen LogP contribution in [-0.2, 0) is 0 Å². The molecule has 3 rings (SSSR count). The molecule has 0 spiro atoms. The van der Waals surface area contributed by atoms with Gasteiger partial charge in [0.1, 0.15) is 5.75 Å². The fraction of sp³-hybridized carbons (Fsp3) is 0.263. The van der Waals surface area contributed by atoms with Crippen LogP contribution in [0, 0.1) is 3.57 Å². The van der Waals surface area contributed by atoms with Crippen LogP contribution in [0.5, 0.6) is 17.2 Å². The van der Waals surface area contributed by atoms with Gasteiger partial charge in [-0.2, -0.15) is 4.98 Å². The fourth-order valence-corrected chi connectivity index (χ4v) is 3.06. The van der Waals surface area contributed by atoms with Gasteiger partial charge >= 0.3 is 0 Å². The molecule has 0 unspecified atom stereocenters. The SMILES string of the molecule is COc1ccc(-c2nc(-c3ccc(OC(C)C)c(I)c3)no2)cc1OC. The highest BCUT2D eigenvalue weighted by Gasteiger charge is 2.15. The van der Waals surface area contributed by atoms with E-state index in [1.165, 1.54) is 0 Å². The first-order chi connectivity index (χ1) is 12.5. The average Bonchev–Trinajstić information content (AvgIpc) is 3.12. The van der Waals surface area contributed by atoms with Crippen molar-refractivity contribution in [3.05, 3.63) is 40.0 Å². The van der Waals surface area contributed by atoms with Gasteiger partial charge in [0.25, 0.3) is 5.89 Å². The zero-order chi connectivity index (χ0) is 18.7. The largest absolute Gasteiger partial charge is 0.493 e. The van der Waals surface area contributed by atoms with Gasteiger partial charge in [0, 0.05) is 11.1 Å². The van der Waals surface area contributed by atoms with E-state index in [9.17, 15) is 0 Å². The molecule has 3 aromatic rings. The summed E-state index contributed by atoms with van der Waals surface area (Å²) in [4.78, 5) is 4.50. The van der Waals surface area contributed by atoms with Crippen molar-refractivity contribution in [1.29, 1.82) is 0 Å². The lowest BCUT2D eigenvalue weighted by atomic mass is 10.2. The third-order valence-corrected chi connectivity index (χ3v) is 4.45. The van der Waals surface area contributed by atoms with Gasteiger partial charge in [0.15, 0.2) is 11.5 Å². The van der Waals surface area contributed by atoms with Crippen LogP contribution in [0.1, 0.15) is 13.8 Å². The molecule has 26 heavy (non-hydrogen) atoms. The molecule has 0 bridgehead atoms. The Hall–Kier alpha value is -2.29. The zero-order valence-corrected chi connectivity index (χ0v) is 17.1. The summed E-state index contributed by atoms with van der Waals surface area (Å²) in [7, 11) is 3.18. The number of ether oxygens (including phenoxy) is 3. The summed E-state index contributed by atoms with van der Waals surface area (Å²) in [6.45, 7) is 4.00. The van der Waals surface area contributed by atoms with E-state index in [4.69, 9.17) is 18.7 Å². The Kier molecular flexibility index (Phi) is 5.65. The van der Waals surface area contributed by atoms with E-state index in [0.29, 0.717) is 23.2 Å². The Morgan fingerprint density at radius 2 is 1.62 bits per heavy atom.